The molecule has 0 amide bonds. The highest BCUT2D eigenvalue weighted by Gasteiger charge is 2.09. The molecule has 0 fully saturated rings. The average molecular weight is 346 g/mol. The number of hydrogen-bond donors (Lipinski definition) is 0. The summed E-state index contributed by atoms with van der Waals surface area (Å²) in [6, 6.07) is 0. The van der Waals surface area contributed by atoms with Gasteiger partial charge in [-0.1, -0.05) is 0 Å². The minimum absolute atomic E-state index is 0.0437. The average Bonchev–Trinajstić information content (AvgIpc) is 2.58. The van der Waals surface area contributed by atoms with Crippen LogP contribution >= 0.6 is 0 Å². The van der Waals surface area contributed by atoms with E-state index < -0.39 is 11.9 Å². The molecule has 0 saturated carbocycles. The Bertz CT molecular complexity index is 367. The van der Waals surface area contributed by atoms with E-state index >= 15 is 0 Å². The predicted octanol–water partition coefficient (Wildman–Crippen LogP) is 1.54. The summed E-state index contributed by atoms with van der Waals surface area (Å²) in [6.07, 6.45) is 2.76. The highest BCUT2D eigenvalue weighted by molar-refractivity contribution is 5.77. The van der Waals surface area contributed by atoms with Crippen LogP contribution < -0.4 is 0 Å². The molecule has 24 heavy (non-hydrogen) atoms. The molecular formula is C16H26O8. The standard InChI is InChI=1S/C16H26O8/c1-21-13(17)7-3-5-11-23-15(19)9-10-16(20)24-12-6-4-8-14(18)22-2/h3-12H2,1-2H3. The fourth-order valence-electron chi connectivity index (χ4n) is 1.67. The first-order valence-corrected chi connectivity index (χ1v) is 7.94. The molecule has 0 heterocycles. The van der Waals surface area contributed by atoms with E-state index in [-0.39, 0.29) is 50.8 Å². The van der Waals surface area contributed by atoms with Crippen LogP contribution in [0.5, 0.6) is 0 Å². The van der Waals surface area contributed by atoms with Crippen LogP contribution in [-0.4, -0.2) is 51.3 Å². The Morgan fingerprint density at radius 1 is 0.542 bits per heavy atom. The largest absolute Gasteiger partial charge is 0.469 e. The molecule has 8 nitrogen and oxygen atoms in total. The van der Waals surface area contributed by atoms with E-state index in [2.05, 4.69) is 9.47 Å². The van der Waals surface area contributed by atoms with E-state index in [0.717, 1.165) is 0 Å². The lowest BCUT2D eigenvalue weighted by molar-refractivity contribution is -0.150. The smallest absolute Gasteiger partial charge is 0.306 e. The fraction of sp³-hybridized carbons (Fsp3) is 0.750. The van der Waals surface area contributed by atoms with Crippen molar-refractivity contribution in [3.8, 4) is 0 Å². The van der Waals surface area contributed by atoms with Gasteiger partial charge in [0, 0.05) is 12.8 Å². The first-order chi connectivity index (χ1) is 11.5. The Labute approximate surface area is 141 Å². The van der Waals surface area contributed by atoms with E-state index in [9.17, 15) is 19.2 Å². The number of methoxy groups -OCH3 is 2. The maximum atomic E-state index is 11.4. The van der Waals surface area contributed by atoms with Crippen LogP contribution in [0.2, 0.25) is 0 Å². The van der Waals surface area contributed by atoms with E-state index in [0.29, 0.717) is 25.7 Å². The molecule has 8 heteroatoms. The number of rotatable bonds is 13. The quantitative estimate of drug-likeness (QED) is 0.281. The molecule has 0 aliphatic heterocycles. The molecule has 0 saturated heterocycles. The lowest BCUT2D eigenvalue weighted by Crippen LogP contribution is -2.12. The van der Waals surface area contributed by atoms with Crippen molar-refractivity contribution < 1.29 is 38.1 Å². The number of ether oxygens (including phenoxy) is 4. The normalized spacial score (nSPS) is 9.92. The molecule has 0 aromatic carbocycles. The Balaban J connectivity index is 3.49. The summed E-state index contributed by atoms with van der Waals surface area (Å²) in [5.74, 6) is -1.54. The van der Waals surface area contributed by atoms with E-state index in [1.54, 1.807) is 0 Å². The van der Waals surface area contributed by atoms with Gasteiger partial charge >= 0.3 is 23.9 Å². The summed E-state index contributed by atoms with van der Waals surface area (Å²) in [4.78, 5) is 44.5. The third kappa shape index (κ3) is 13.5. The zero-order valence-corrected chi connectivity index (χ0v) is 14.3. The highest BCUT2D eigenvalue weighted by atomic mass is 16.5. The Hall–Kier alpha value is -2.12. The predicted molar refractivity (Wildman–Crippen MR) is 82.9 cm³/mol. The fourth-order valence-corrected chi connectivity index (χ4v) is 1.67. The number of carbonyl (C=O) groups is 4. The summed E-state index contributed by atoms with van der Waals surface area (Å²) in [6.45, 7) is 0.413. The van der Waals surface area contributed by atoms with E-state index in [4.69, 9.17) is 9.47 Å². The minimum atomic E-state index is -0.476. The van der Waals surface area contributed by atoms with Crippen LogP contribution in [0.4, 0.5) is 0 Å². The van der Waals surface area contributed by atoms with Gasteiger partial charge in [-0.2, -0.15) is 0 Å². The molecule has 0 aromatic rings. The van der Waals surface area contributed by atoms with Crippen molar-refractivity contribution in [3.05, 3.63) is 0 Å². The maximum Gasteiger partial charge on any atom is 0.306 e. The zero-order valence-electron chi connectivity index (χ0n) is 14.3. The number of hydrogen-bond acceptors (Lipinski definition) is 8. The summed E-state index contributed by atoms with van der Waals surface area (Å²) < 4.78 is 18.9. The van der Waals surface area contributed by atoms with Crippen molar-refractivity contribution >= 4 is 23.9 Å². The van der Waals surface area contributed by atoms with Crippen molar-refractivity contribution in [2.45, 2.75) is 51.4 Å². The van der Waals surface area contributed by atoms with Gasteiger partial charge in [-0.3, -0.25) is 19.2 Å². The van der Waals surface area contributed by atoms with Crippen LogP contribution in [0.3, 0.4) is 0 Å². The number of carbonyl (C=O) groups excluding carboxylic acids is 4. The van der Waals surface area contributed by atoms with Gasteiger partial charge in [-0.15, -0.1) is 0 Å². The van der Waals surface area contributed by atoms with Crippen molar-refractivity contribution in [3.63, 3.8) is 0 Å². The van der Waals surface area contributed by atoms with Gasteiger partial charge in [-0.05, 0) is 25.7 Å². The van der Waals surface area contributed by atoms with Crippen molar-refractivity contribution in [2.24, 2.45) is 0 Å². The van der Waals surface area contributed by atoms with Crippen LogP contribution in [0.1, 0.15) is 51.4 Å². The lowest BCUT2D eigenvalue weighted by Gasteiger charge is -2.06. The van der Waals surface area contributed by atoms with Gasteiger partial charge in [0.05, 0.1) is 40.3 Å². The molecular weight excluding hydrogens is 320 g/mol. The van der Waals surface area contributed by atoms with E-state index in [1.165, 1.54) is 14.2 Å². The van der Waals surface area contributed by atoms with Crippen LogP contribution in [-0.2, 0) is 38.1 Å². The van der Waals surface area contributed by atoms with Crippen LogP contribution in [0.15, 0.2) is 0 Å². The van der Waals surface area contributed by atoms with Crippen molar-refractivity contribution in [2.75, 3.05) is 27.4 Å². The number of esters is 4. The van der Waals surface area contributed by atoms with Gasteiger partial charge in [-0.25, -0.2) is 0 Å². The molecule has 0 radical (unpaired) electrons. The molecule has 0 atom stereocenters. The molecule has 0 aliphatic carbocycles. The van der Waals surface area contributed by atoms with E-state index in [1.807, 2.05) is 0 Å². The lowest BCUT2D eigenvalue weighted by atomic mass is 10.2. The monoisotopic (exact) mass is 346 g/mol. The second kappa shape index (κ2) is 14.5. The summed E-state index contributed by atoms with van der Waals surface area (Å²) in [7, 11) is 2.64. The molecule has 0 N–H and O–H groups in total. The van der Waals surface area contributed by atoms with Gasteiger partial charge in [0.2, 0.25) is 0 Å². The van der Waals surface area contributed by atoms with Gasteiger partial charge in [0.25, 0.3) is 0 Å². The molecule has 0 aliphatic rings. The molecule has 0 rings (SSSR count). The molecule has 0 bridgehead atoms. The third-order valence-corrected chi connectivity index (χ3v) is 3.07. The van der Waals surface area contributed by atoms with Crippen LogP contribution in [0.25, 0.3) is 0 Å². The Morgan fingerprint density at radius 3 is 1.25 bits per heavy atom. The highest BCUT2D eigenvalue weighted by Crippen LogP contribution is 2.02. The van der Waals surface area contributed by atoms with Crippen molar-refractivity contribution in [1.29, 1.82) is 0 Å². The Kier molecular flexibility index (Phi) is 13.2. The number of unbranched alkanes of at least 4 members (excludes halogenated alkanes) is 2. The second-order valence-corrected chi connectivity index (χ2v) is 5.01. The first-order valence-electron chi connectivity index (χ1n) is 7.94. The third-order valence-electron chi connectivity index (χ3n) is 3.07. The summed E-state index contributed by atoms with van der Waals surface area (Å²) >= 11 is 0. The molecule has 138 valence electrons. The second-order valence-electron chi connectivity index (χ2n) is 5.01. The minimum Gasteiger partial charge on any atom is -0.469 e. The van der Waals surface area contributed by atoms with Gasteiger partial charge in [0.15, 0.2) is 0 Å². The Morgan fingerprint density at radius 2 is 0.917 bits per heavy atom. The van der Waals surface area contributed by atoms with Gasteiger partial charge in [0.1, 0.15) is 0 Å². The SMILES string of the molecule is COC(=O)CCCCOC(=O)CCC(=O)OCCCCC(=O)OC. The first kappa shape index (κ1) is 21.9. The van der Waals surface area contributed by atoms with Crippen molar-refractivity contribution in [1.82, 2.24) is 0 Å². The molecule has 0 unspecified atom stereocenters. The summed E-state index contributed by atoms with van der Waals surface area (Å²) in [5.41, 5.74) is 0. The van der Waals surface area contributed by atoms with Gasteiger partial charge < -0.3 is 18.9 Å². The van der Waals surface area contributed by atoms with Crippen LogP contribution in [0, 0.1) is 0 Å². The summed E-state index contributed by atoms with van der Waals surface area (Å²) in [5, 5.41) is 0. The zero-order chi connectivity index (χ0) is 18.2. The maximum absolute atomic E-state index is 11.4. The molecule has 0 spiro atoms. The topological polar surface area (TPSA) is 105 Å². The molecule has 0 aromatic heterocycles.